The van der Waals surface area contributed by atoms with Gasteiger partial charge in [0.2, 0.25) is 0 Å². The minimum Gasteiger partial charge on any atom is -0.372 e. The first kappa shape index (κ1) is 14.2. The summed E-state index contributed by atoms with van der Waals surface area (Å²) in [7, 11) is 1.60. The van der Waals surface area contributed by atoms with Gasteiger partial charge in [-0.05, 0) is 18.2 Å². The van der Waals surface area contributed by atoms with Crippen molar-refractivity contribution >= 4 is 29.0 Å². The third-order valence-electron chi connectivity index (χ3n) is 2.53. The van der Waals surface area contributed by atoms with Gasteiger partial charge in [-0.2, -0.15) is 0 Å². The molecular weight excluding hydrogens is 288 g/mol. The molecule has 1 amide bonds. The predicted molar refractivity (Wildman–Crippen MR) is 73.1 cm³/mol. The second-order valence-electron chi connectivity index (χ2n) is 3.85. The van der Waals surface area contributed by atoms with Gasteiger partial charge in [-0.1, -0.05) is 11.6 Å². The Morgan fingerprint density at radius 3 is 2.75 bits per heavy atom. The fraction of sp³-hybridized carbons (Fsp3) is 0.0769. The van der Waals surface area contributed by atoms with Crippen LogP contribution < -0.4 is 10.6 Å². The SMILES string of the molecule is CNc1ncccc1C(=O)Nc1c(F)cc(F)cc1Cl. The lowest BCUT2D eigenvalue weighted by Gasteiger charge is -2.10. The van der Waals surface area contributed by atoms with Gasteiger partial charge >= 0.3 is 0 Å². The molecule has 0 atom stereocenters. The minimum absolute atomic E-state index is 0.217. The van der Waals surface area contributed by atoms with Crippen molar-refractivity contribution in [3.05, 3.63) is 52.7 Å². The van der Waals surface area contributed by atoms with E-state index in [1.54, 1.807) is 13.1 Å². The highest BCUT2D eigenvalue weighted by atomic mass is 35.5. The Morgan fingerprint density at radius 1 is 1.35 bits per heavy atom. The van der Waals surface area contributed by atoms with Crippen molar-refractivity contribution in [3.8, 4) is 0 Å². The van der Waals surface area contributed by atoms with Crippen LogP contribution in [0.4, 0.5) is 20.3 Å². The van der Waals surface area contributed by atoms with Gasteiger partial charge in [-0.15, -0.1) is 0 Å². The van der Waals surface area contributed by atoms with E-state index >= 15 is 0 Å². The zero-order valence-electron chi connectivity index (χ0n) is 10.4. The van der Waals surface area contributed by atoms with Crippen LogP contribution >= 0.6 is 11.6 Å². The Hall–Kier alpha value is -2.21. The molecule has 4 nitrogen and oxygen atoms in total. The van der Waals surface area contributed by atoms with Gasteiger partial charge < -0.3 is 10.6 Å². The van der Waals surface area contributed by atoms with Gasteiger partial charge in [0.15, 0.2) is 5.82 Å². The number of anilines is 2. The molecule has 0 saturated carbocycles. The number of halogens is 3. The summed E-state index contributed by atoms with van der Waals surface area (Å²) in [6.45, 7) is 0. The number of rotatable bonds is 3. The van der Waals surface area contributed by atoms with E-state index in [4.69, 9.17) is 11.6 Å². The number of pyridine rings is 1. The quantitative estimate of drug-likeness (QED) is 0.914. The van der Waals surface area contributed by atoms with Gasteiger partial charge in [0.25, 0.3) is 5.91 Å². The Bertz CT molecular complexity index is 641. The molecule has 1 aromatic carbocycles. The first-order valence-electron chi connectivity index (χ1n) is 5.61. The van der Waals surface area contributed by atoms with Crippen LogP contribution in [0, 0.1) is 11.6 Å². The number of benzene rings is 1. The van der Waals surface area contributed by atoms with Crippen LogP contribution in [0.2, 0.25) is 5.02 Å². The summed E-state index contributed by atoms with van der Waals surface area (Å²) >= 11 is 5.71. The number of aromatic nitrogens is 1. The standard InChI is InChI=1S/C13H10ClF2N3O/c1-17-12-8(3-2-4-18-12)13(20)19-11-9(14)5-7(15)6-10(11)16/h2-6H,1H3,(H,17,18)(H,19,20). The lowest BCUT2D eigenvalue weighted by Crippen LogP contribution is -2.16. The Labute approximate surface area is 118 Å². The van der Waals surface area contributed by atoms with Crippen LogP contribution in [-0.4, -0.2) is 17.9 Å². The summed E-state index contributed by atoms with van der Waals surface area (Å²) < 4.78 is 26.5. The second kappa shape index (κ2) is 5.83. The monoisotopic (exact) mass is 297 g/mol. The van der Waals surface area contributed by atoms with Crippen LogP contribution in [0.5, 0.6) is 0 Å². The van der Waals surface area contributed by atoms with Crippen LogP contribution in [-0.2, 0) is 0 Å². The zero-order valence-corrected chi connectivity index (χ0v) is 11.1. The molecule has 2 aromatic rings. The molecule has 0 aliphatic rings. The highest BCUT2D eigenvalue weighted by Gasteiger charge is 2.16. The highest BCUT2D eigenvalue weighted by Crippen LogP contribution is 2.27. The van der Waals surface area contributed by atoms with E-state index in [1.807, 2.05) is 0 Å². The topological polar surface area (TPSA) is 54.0 Å². The summed E-state index contributed by atoms with van der Waals surface area (Å²) in [6, 6.07) is 4.65. The molecule has 0 aliphatic carbocycles. The number of nitrogens with one attached hydrogen (secondary N) is 2. The Balaban J connectivity index is 2.33. The maximum absolute atomic E-state index is 13.6. The molecule has 7 heteroatoms. The van der Waals surface area contributed by atoms with E-state index in [0.717, 1.165) is 6.07 Å². The molecule has 0 saturated heterocycles. The number of carbonyl (C=O) groups excluding carboxylic acids is 1. The first-order valence-corrected chi connectivity index (χ1v) is 5.99. The summed E-state index contributed by atoms with van der Waals surface area (Å²) in [5.74, 6) is -2.03. The molecule has 2 N–H and O–H groups in total. The average Bonchev–Trinajstić information content (AvgIpc) is 2.42. The minimum atomic E-state index is -0.946. The van der Waals surface area contributed by atoms with Crippen LogP contribution in [0.1, 0.15) is 10.4 Å². The fourth-order valence-corrected chi connectivity index (χ4v) is 1.87. The molecule has 0 fully saturated rings. The van der Waals surface area contributed by atoms with E-state index in [9.17, 15) is 13.6 Å². The molecule has 1 heterocycles. The van der Waals surface area contributed by atoms with E-state index in [0.29, 0.717) is 11.9 Å². The van der Waals surface area contributed by atoms with Gasteiger partial charge in [0.1, 0.15) is 11.6 Å². The van der Waals surface area contributed by atoms with Crippen molar-refractivity contribution in [2.75, 3.05) is 17.7 Å². The molecule has 20 heavy (non-hydrogen) atoms. The molecule has 1 aromatic heterocycles. The molecule has 0 radical (unpaired) electrons. The summed E-state index contributed by atoms with van der Waals surface area (Å²) in [5.41, 5.74) is -0.0567. The molecule has 2 rings (SSSR count). The van der Waals surface area contributed by atoms with Crippen molar-refractivity contribution in [2.45, 2.75) is 0 Å². The number of hydrogen-bond acceptors (Lipinski definition) is 3. The van der Waals surface area contributed by atoms with Crippen LogP contribution in [0.15, 0.2) is 30.5 Å². The summed E-state index contributed by atoms with van der Waals surface area (Å²) in [5, 5.41) is 4.83. The second-order valence-corrected chi connectivity index (χ2v) is 4.26. The van der Waals surface area contributed by atoms with Crippen molar-refractivity contribution in [2.24, 2.45) is 0 Å². The normalized spacial score (nSPS) is 10.2. The lowest BCUT2D eigenvalue weighted by molar-refractivity contribution is 0.102. The molecular formula is C13H10ClF2N3O. The van der Waals surface area contributed by atoms with E-state index in [-0.39, 0.29) is 16.3 Å². The maximum atomic E-state index is 13.6. The van der Waals surface area contributed by atoms with Crippen LogP contribution in [0.3, 0.4) is 0 Å². The molecule has 0 bridgehead atoms. The van der Waals surface area contributed by atoms with E-state index in [2.05, 4.69) is 15.6 Å². The molecule has 104 valence electrons. The predicted octanol–water partition coefficient (Wildman–Crippen LogP) is 3.31. The van der Waals surface area contributed by atoms with Gasteiger partial charge in [-0.25, -0.2) is 13.8 Å². The number of amides is 1. The lowest BCUT2D eigenvalue weighted by atomic mass is 10.2. The number of carbonyl (C=O) groups is 1. The van der Waals surface area contributed by atoms with E-state index in [1.165, 1.54) is 12.3 Å². The molecule has 0 spiro atoms. The first-order chi connectivity index (χ1) is 9.52. The van der Waals surface area contributed by atoms with Crippen molar-refractivity contribution in [1.29, 1.82) is 0 Å². The average molecular weight is 298 g/mol. The number of hydrogen-bond donors (Lipinski definition) is 2. The van der Waals surface area contributed by atoms with Gasteiger partial charge in [0, 0.05) is 19.3 Å². The highest BCUT2D eigenvalue weighted by molar-refractivity contribution is 6.34. The zero-order chi connectivity index (χ0) is 14.7. The number of nitrogens with zero attached hydrogens (tertiary/aromatic N) is 1. The fourth-order valence-electron chi connectivity index (χ4n) is 1.63. The maximum Gasteiger partial charge on any atom is 0.259 e. The Morgan fingerprint density at radius 2 is 2.10 bits per heavy atom. The molecule has 0 aliphatic heterocycles. The summed E-state index contributed by atoms with van der Waals surface area (Å²) in [4.78, 5) is 16.0. The van der Waals surface area contributed by atoms with Crippen molar-refractivity contribution in [1.82, 2.24) is 4.98 Å². The van der Waals surface area contributed by atoms with Gasteiger partial charge in [-0.3, -0.25) is 4.79 Å². The van der Waals surface area contributed by atoms with Crippen molar-refractivity contribution < 1.29 is 13.6 Å². The summed E-state index contributed by atoms with van der Waals surface area (Å²) in [6.07, 6.45) is 1.51. The third-order valence-corrected chi connectivity index (χ3v) is 2.83. The van der Waals surface area contributed by atoms with Crippen molar-refractivity contribution in [3.63, 3.8) is 0 Å². The van der Waals surface area contributed by atoms with E-state index < -0.39 is 17.5 Å². The smallest absolute Gasteiger partial charge is 0.259 e. The third kappa shape index (κ3) is 2.85. The Kier molecular flexibility index (Phi) is 4.14. The van der Waals surface area contributed by atoms with Crippen LogP contribution in [0.25, 0.3) is 0 Å². The molecule has 0 unspecified atom stereocenters. The largest absolute Gasteiger partial charge is 0.372 e. The van der Waals surface area contributed by atoms with Gasteiger partial charge in [0.05, 0.1) is 16.3 Å².